The molecule has 0 aliphatic heterocycles. The van der Waals surface area contributed by atoms with Gasteiger partial charge in [0.15, 0.2) is 0 Å². The molecule has 2 atom stereocenters. The lowest BCUT2D eigenvalue weighted by Gasteiger charge is -2.17. The number of rotatable bonds is 8. The van der Waals surface area contributed by atoms with Crippen LogP contribution in [0.3, 0.4) is 0 Å². The lowest BCUT2D eigenvalue weighted by molar-refractivity contribution is 0.240. The topological polar surface area (TPSA) is 32.3 Å². The molecule has 0 unspecified atom stereocenters. The molecule has 80 valence electrons. The van der Waals surface area contributed by atoms with Crippen molar-refractivity contribution < 1.29 is 5.11 Å². The van der Waals surface area contributed by atoms with E-state index in [4.69, 9.17) is 5.11 Å². The quantitative estimate of drug-likeness (QED) is 0.572. The van der Waals surface area contributed by atoms with Crippen LogP contribution in [0.1, 0.15) is 52.9 Å². The molecule has 0 heterocycles. The molecule has 0 spiro atoms. The number of aliphatic hydroxyl groups excluding tert-OH is 1. The van der Waals surface area contributed by atoms with Crippen molar-refractivity contribution in [2.75, 3.05) is 6.61 Å². The Balaban J connectivity index is 3.24. The van der Waals surface area contributed by atoms with Gasteiger partial charge in [-0.1, -0.05) is 32.6 Å². The molecule has 13 heavy (non-hydrogen) atoms. The summed E-state index contributed by atoms with van der Waals surface area (Å²) >= 11 is 0. The molecule has 0 fully saturated rings. The largest absolute Gasteiger partial charge is 0.395 e. The second-order valence-corrected chi connectivity index (χ2v) is 4.00. The highest BCUT2D eigenvalue weighted by atomic mass is 16.3. The Hall–Kier alpha value is -0.0800. The summed E-state index contributed by atoms with van der Waals surface area (Å²) in [5, 5.41) is 12.2. The van der Waals surface area contributed by atoms with Crippen molar-refractivity contribution in [1.82, 2.24) is 5.32 Å². The van der Waals surface area contributed by atoms with Crippen molar-refractivity contribution >= 4 is 0 Å². The van der Waals surface area contributed by atoms with E-state index in [1.54, 1.807) is 0 Å². The zero-order valence-corrected chi connectivity index (χ0v) is 9.34. The van der Waals surface area contributed by atoms with Gasteiger partial charge in [0.1, 0.15) is 0 Å². The first-order valence-electron chi connectivity index (χ1n) is 5.57. The van der Waals surface area contributed by atoms with Crippen LogP contribution in [0.4, 0.5) is 0 Å². The van der Waals surface area contributed by atoms with Gasteiger partial charge in [-0.15, -0.1) is 0 Å². The van der Waals surface area contributed by atoms with Crippen LogP contribution in [-0.2, 0) is 0 Å². The second kappa shape index (κ2) is 8.52. The minimum atomic E-state index is 0.235. The van der Waals surface area contributed by atoms with Crippen LogP contribution < -0.4 is 5.32 Å². The van der Waals surface area contributed by atoms with Crippen molar-refractivity contribution in [3.8, 4) is 0 Å². The third-order valence-electron chi connectivity index (χ3n) is 2.33. The zero-order chi connectivity index (χ0) is 10.1. The summed E-state index contributed by atoms with van der Waals surface area (Å²) < 4.78 is 0. The molecular weight excluding hydrogens is 162 g/mol. The maximum Gasteiger partial charge on any atom is 0.0582 e. The molecule has 0 saturated carbocycles. The summed E-state index contributed by atoms with van der Waals surface area (Å²) in [5.74, 6) is 0. The molecule has 0 radical (unpaired) electrons. The fourth-order valence-electron chi connectivity index (χ4n) is 1.50. The Kier molecular flexibility index (Phi) is 8.46. The van der Waals surface area contributed by atoms with Crippen molar-refractivity contribution in [2.24, 2.45) is 0 Å². The Morgan fingerprint density at radius 3 is 2.31 bits per heavy atom. The van der Waals surface area contributed by atoms with E-state index in [9.17, 15) is 0 Å². The minimum Gasteiger partial charge on any atom is -0.395 e. The number of hydrogen-bond donors (Lipinski definition) is 2. The van der Waals surface area contributed by atoms with Gasteiger partial charge in [0.25, 0.3) is 0 Å². The summed E-state index contributed by atoms with van der Waals surface area (Å²) in [4.78, 5) is 0. The highest BCUT2D eigenvalue weighted by molar-refractivity contribution is 4.66. The standard InChI is InChI=1S/C11H25NO/c1-4-5-6-7-8-10(2)12-11(3)9-13/h10-13H,4-9H2,1-3H3/t10-,11-/m0/s1. The summed E-state index contributed by atoms with van der Waals surface area (Å²) in [7, 11) is 0. The molecular formula is C11H25NO. The van der Waals surface area contributed by atoms with Crippen LogP contribution in [0.5, 0.6) is 0 Å². The van der Waals surface area contributed by atoms with Crippen LogP contribution >= 0.6 is 0 Å². The van der Waals surface area contributed by atoms with Gasteiger partial charge in [-0.2, -0.15) is 0 Å². The van der Waals surface area contributed by atoms with Crippen LogP contribution in [0.25, 0.3) is 0 Å². The molecule has 2 nitrogen and oxygen atoms in total. The Labute approximate surface area is 82.7 Å². The maximum absolute atomic E-state index is 8.83. The average molecular weight is 187 g/mol. The molecule has 0 aliphatic carbocycles. The average Bonchev–Trinajstić information content (AvgIpc) is 2.12. The molecule has 0 saturated heterocycles. The van der Waals surface area contributed by atoms with Gasteiger partial charge in [-0.05, 0) is 20.3 Å². The van der Waals surface area contributed by atoms with E-state index in [0.29, 0.717) is 6.04 Å². The molecule has 2 N–H and O–H groups in total. The first-order valence-corrected chi connectivity index (χ1v) is 5.57. The van der Waals surface area contributed by atoms with Crippen LogP contribution in [0.15, 0.2) is 0 Å². The van der Waals surface area contributed by atoms with Crippen LogP contribution in [0, 0.1) is 0 Å². The lowest BCUT2D eigenvalue weighted by Crippen LogP contribution is -2.36. The van der Waals surface area contributed by atoms with Crippen molar-refractivity contribution in [2.45, 2.75) is 65.0 Å². The van der Waals surface area contributed by atoms with E-state index in [2.05, 4.69) is 19.2 Å². The lowest BCUT2D eigenvalue weighted by atomic mass is 10.1. The fraction of sp³-hybridized carbons (Fsp3) is 1.00. The van der Waals surface area contributed by atoms with Gasteiger partial charge in [-0.3, -0.25) is 0 Å². The first kappa shape index (κ1) is 12.9. The molecule has 0 amide bonds. The third-order valence-corrected chi connectivity index (χ3v) is 2.33. The summed E-state index contributed by atoms with van der Waals surface area (Å²) in [6.07, 6.45) is 6.53. The van der Waals surface area contributed by atoms with Crippen molar-refractivity contribution in [3.63, 3.8) is 0 Å². The van der Waals surface area contributed by atoms with Gasteiger partial charge >= 0.3 is 0 Å². The smallest absolute Gasteiger partial charge is 0.0582 e. The predicted molar refractivity (Wildman–Crippen MR) is 57.9 cm³/mol. The Morgan fingerprint density at radius 2 is 1.77 bits per heavy atom. The van der Waals surface area contributed by atoms with Crippen molar-refractivity contribution in [1.29, 1.82) is 0 Å². The first-order chi connectivity index (χ1) is 6.20. The minimum absolute atomic E-state index is 0.235. The molecule has 0 bridgehead atoms. The second-order valence-electron chi connectivity index (χ2n) is 4.00. The zero-order valence-electron chi connectivity index (χ0n) is 9.34. The van der Waals surface area contributed by atoms with E-state index in [1.165, 1.54) is 32.1 Å². The summed E-state index contributed by atoms with van der Waals surface area (Å²) in [5.41, 5.74) is 0. The highest BCUT2D eigenvalue weighted by Crippen LogP contribution is 2.05. The summed E-state index contributed by atoms with van der Waals surface area (Å²) in [6, 6.07) is 0.778. The van der Waals surface area contributed by atoms with Crippen LogP contribution in [-0.4, -0.2) is 23.8 Å². The number of hydrogen-bond acceptors (Lipinski definition) is 2. The van der Waals surface area contributed by atoms with E-state index >= 15 is 0 Å². The number of aliphatic hydroxyl groups is 1. The molecule has 2 heteroatoms. The van der Waals surface area contributed by atoms with E-state index in [-0.39, 0.29) is 12.6 Å². The highest BCUT2D eigenvalue weighted by Gasteiger charge is 2.04. The maximum atomic E-state index is 8.83. The summed E-state index contributed by atoms with van der Waals surface area (Å²) in [6.45, 7) is 6.68. The third kappa shape index (κ3) is 8.26. The van der Waals surface area contributed by atoms with Crippen LogP contribution in [0.2, 0.25) is 0 Å². The molecule has 0 aromatic rings. The van der Waals surface area contributed by atoms with Gasteiger partial charge in [-0.25, -0.2) is 0 Å². The molecule has 0 aromatic carbocycles. The Morgan fingerprint density at radius 1 is 1.08 bits per heavy atom. The normalized spacial score (nSPS) is 15.7. The van der Waals surface area contributed by atoms with Gasteiger partial charge in [0, 0.05) is 12.1 Å². The number of unbranched alkanes of at least 4 members (excludes halogenated alkanes) is 3. The Bertz CT molecular complexity index is 106. The fourth-order valence-corrected chi connectivity index (χ4v) is 1.50. The van der Waals surface area contributed by atoms with Gasteiger partial charge < -0.3 is 10.4 Å². The monoisotopic (exact) mass is 187 g/mol. The van der Waals surface area contributed by atoms with E-state index in [1.807, 2.05) is 6.92 Å². The number of nitrogens with one attached hydrogen (secondary N) is 1. The van der Waals surface area contributed by atoms with E-state index < -0.39 is 0 Å². The van der Waals surface area contributed by atoms with E-state index in [0.717, 1.165) is 0 Å². The molecule has 0 aliphatic rings. The predicted octanol–water partition coefficient (Wildman–Crippen LogP) is 2.32. The van der Waals surface area contributed by atoms with Crippen molar-refractivity contribution in [3.05, 3.63) is 0 Å². The molecule has 0 rings (SSSR count). The van der Waals surface area contributed by atoms with Gasteiger partial charge in [0.2, 0.25) is 0 Å². The SMILES string of the molecule is CCCCCC[C@H](C)N[C@@H](C)CO. The molecule has 0 aromatic heterocycles. The van der Waals surface area contributed by atoms with Gasteiger partial charge in [0.05, 0.1) is 6.61 Å².